The molecule has 58 valence electrons. The van der Waals surface area contributed by atoms with Crippen LogP contribution in [0.5, 0.6) is 0 Å². The highest BCUT2D eigenvalue weighted by atomic mass is 16.1. The Morgan fingerprint density at radius 3 is 3.00 bits per heavy atom. The fourth-order valence-corrected chi connectivity index (χ4v) is 2.13. The first kappa shape index (κ1) is 6.84. The lowest BCUT2D eigenvalue weighted by atomic mass is 9.87. The minimum atomic E-state index is 0.385. The first-order chi connectivity index (χ1) is 5.31. The summed E-state index contributed by atoms with van der Waals surface area (Å²) in [5.74, 6) is 1.87. The molecule has 2 aliphatic rings. The maximum Gasteiger partial charge on any atom is 0.136 e. The van der Waals surface area contributed by atoms with Gasteiger partial charge in [-0.15, -0.1) is 0 Å². The predicted octanol–water partition coefficient (Wildman–Crippen LogP) is 1.52. The number of Topliss-reactive ketones (excluding diaryl/α,β-unsaturated/α-hetero) is 1. The van der Waals surface area contributed by atoms with Gasteiger partial charge in [0.15, 0.2) is 0 Å². The lowest BCUT2D eigenvalue weighted by Crippen LogP contribution is -2.17. The molecule has 0 N–H and O–H groups in total. The number of carbonyl (C=O) groups is 1. The van der Waals surface area contributed by atoms with Crippen LogP contribution < -0.4 is 0 Å². The van der Waals surface area contributed by atoms with E-state index in [1.165, 1.54) is 0 Å². The molecular formula is C9H11NO. The molecule has 2 nitrogen and oxygen atoms in total. The number of rotatable bonds is 1. The molecule has 2 fully saturated rings. The SMILES string of the molecule is N#CC[C@H]1CC(=O)[C@@H]2C[C@@H]2C1. The molecule has 2 heteroatoms. The fraction of sp³-hybridized carbons (Fsp3) is 0.778. The number of carbonyl (C=O) groups excluding carboxylic acids is 1. The summed E-state index contributed by atoms with van der Waals surface area (Å²) in [4.78, 5) is 11.2. The van der Waals surface area contributed by atoms with Crippen LogP contribution in [-0.4, -0.2) is 5.78 Å². The van der Waals surface area contributed by atoms with Crippen molar-refractivity contribution in [2.45, 2.75) is 25.7 Å². The van der Waals surface area contributed by atoms with E-state index < -0.39 is 0 Å². The normalized spacial score (nSPS) is 41.0. The summed E-state index contributed by atoms with van der Waals surface area (Å²) in [6.45, 7) is 0. The summed E-state index contributed by atoms with van der Waals surface area (Å²) in [6, 6.07) is 2.14. The van der Waals surface area contributed by atoms with Crippen molar-refractivity contribution in [1.29, 1.82) is 5.26 Å². The van der Waals surface area contributed by atoms with Crippen LogP contribution >= 0.6 is 0 Å². The van der Waals surface area contributed by atoms with E-state index in [1.54, 1.807) is 0 Å². The van der Waals surface area contributed by atoms with Crippen LogP contribution in [0.15, 0.2) is 0 Å². The molecule has 0 heterocycles. The quantitative estimate of drug-likeness (QED) is 0.567. The molecule has 2 rings (SSSR count). The molecule has 2 aliphatic carbocycles. The molecule has 0 bridgehead atoms. The predicted molar refractivity (Wildman–Crippen MR) is 39.6 cm³/mol. The third kappa shape index (κ3) is 1.16. The summed E-state index contributed by atoms with van der Waals surface area (Å²) in [5.41, 5.74) is 0. The lowest BCUT2D eigenvalue weighted by Gasteiger charge is -2.16. The molecule has 0 aliphatic heterocycles. The van der Waals surface area contributed by atoms with Gasteiger partial charge in [-0.2, -0.15) is 5.26 Å². The first-order valence-electron chi connectivity index (χ1n) is 4.21. The number of ketones is 1. The Morgan fingerprint density at radius 1 is 1.55 bits per heavy atom. The van der Waals surface area contributed by atoms with Gasteiger partial charge >= 0.3 is 0 Å². The molecule has 0 aromatic carbocycles. The third-order valence-corrected chi connectivity index (χ3v) is 2.84. The Kier molecular flexibility index (Phi) is 1.45. The summed E-state index contributed by atoms with van der Waals surface area (Å²) in [6.07, 6.45) is 3.49. The van der Waals surface area contributed by atoms with E-state index >= 15 is 0 Å². The van der Waals surface area contributed by atoms with Crippen LogP contribution in [-0.2, 0) is 4.79 Å². The fourth-order valence-electron chi connectivity index (χ4n) is 2.13. The van der Waals surface area contributed by atoms with Crippen molar-refractivity contribution in [3.8, 4) is 6.07 Å². The highest BCUT2D eigenvalue weighted by Crippen LogP contribution is 2.49. The first-order valence-corrected chi connectivity index (χ1v) is 4.21. The highest BCUT2D eigenvalue weighted by molar-refractivity contribution is 5.84. The molecule has 0 amide bonds. The van der Waals surface area contributed by atoms with Crippen LogP contribution in [0.2, 0.25) is 0 Å². The second kappa shape index (κ2) is 2.34. The second-order valence-electron chi connectivity index (χ2n) is 3.74. The van der Waals surface area contributed by atoms with Crippen molar-refractivity contribution in [2.75, 3.05) is 0 Å². The number of fused-ring (bicyclic) bond motifs is 1. The molecular weight excluding hydrogens is 138 g/mol. The molecule has 11 heavy (non-hydrogen) atoms. The lowest BCUT2D eigenvalue weighted by molar-refractivity contribution is -0.122. The minimum absolute atomic E-state index is 0.385. The van der Waals surface area contributed by atoms with Crippen LogP contribution in [0, 0.1) is 29.1 Å². The van der Waals surface area contributed by atoms with Gasteiger partial charge in [0, 0.05) is 18.8 Å². The van der Waals surface area contributed by atoms with Gasteiger partial charge in [0.1, 0.15) is 5.78 Å². The largest absolute Gasteiger partial charge is 0.299 e. The summed E-state index contributed by atoms with van der Waals surface area (Å²) < 4.78 is 0. The van der Waals surface area contributed by atoms with E-state index in [0.29, 0.717) is 36.4 Å². The topological polar surface area (TPSA) is 40.9 Å². The Bertz CT molecular complexity index is 228. The van der Waals surface area contributed by atoms with E-state index in [2.05, 4.69) is 6.07 Å². The van der Waals surface area contributed by atoms with Crippen LogP contribution in [0.4, 0.5) is 0 Å². The molecule has 0 radical (unpaired) electrons. The number of nitrogens with zero attached hydrogens (tertiary/aromatic N) is 1. The van der Waals surface area contributed by atoms with Crippen LogP contribution in [0.1, 0.15) is 25.7 Å². The van der Waals surface area contributed by atoms with E-state index in [-0.39, 0.29) is 0 Å². The average Bonchev–Trinajstić information content (AvgIpc) is 2.67. The summed E-state index contributed by atoms with van der Waals surface area (Å²) >= 11 is 0. The van der Waals surface area contributed by atoms with Gasteiger partial charge in [-0.05, 0) is 24.7 Å². The Balaban J connectivity index is 1.96. The van der Waals surface area contributed by atoms with E-state index in [4.69, 9.17) is 5.26 Å². The van der Waals surface area contributed by atoms with Crippen LogP contribution in [0.3, 0.4) is 0 Å². The van der Waals surface area contributed by atoms with Gasteiger partial charge in [0.05, 0.1) is 6.07 Å². The Morgan fingerprint density at radius 2 is 2.36 bits per heavy atom. The average molecular weight is 149 g/mol. The summed E-state index contributed by atoms with van der Waals surface area (Å²) in [7, 11) is 0. The number of hydrogen-bond acceptors (Lipinski definition) is 2. The monoisotopic (exact) mass is 149 g/mol. The zero-order chi connectivity index (χ0) is 7.84. The van der Waals surface area contributed by atoms with Crippen molar-refractivity contribution in [2.24, 2.45) is 17.8 Å². The van der Waals surface area contributed by atoms with Crippen molar-refractivity contribution in [3.63, 3.8) is 0 Å². The standard InChI is InChI=1S/C9H11NO/c10-2-1-6-3-7-5-8(7)9(11)4-6/h6-8H,1,3-5H2/t6-,7+,8-/m1/s1. The highest BCUT2D eigenvalue weighted by Gasteiger charge is 2.47. The molecule has 0 spiro atoms. The maximum atomic E-state index is 11.2. The van der Waals surface area contributed by atoms with Crippen molar-refractivity contribution >= 4 is 5.78 Å². The Labute approximate surface area is 66.2 Å². The van der Waals surface area contributed by atoms with Crippen molar-refractivity contribution < 1.29 is 4.79 Å². The molecule has 0 aromatic rings. The van der Waals surface area contributed by atoms with Crippen molar-refractivity contribution in [1.82, 2.24) is 0 Å². The molecule has 3 atom stereocenters. The van der Waals surface area contributed by atoms with E-state index in [1.807, 2.05) is 0 Å². The summed E-state index contributed by atoms with van der Waals surface area (Å²) in [5, 5.41) is 8.44. The van der Waals surface area contributed by atoms with Gasteiger partial charge in [-0.1, -0.05) is 0 Å². The molecule has 0 aromatic heterocycles. The zero-order valence-electron chi connectivity index (χ0n) is 6.42. The number of nitriles is 1. The number of hydrogen-bond donors (Lipinski definition) is 0. The smallest absolute Gasteiger partial charge is 0.136 e. The third-order valence-electron chi connectivity index (χ3n) is 2.84. The van der Waals surface area contributed by atoms with E-state index in [0.717, 1.165) is 12.8 Å². The van der Waals surface area contributed by atoms with Gasteiger partial charge < -0.3 is 0 Å². The molecule has 0 unspecified atom stereocenters. The van der Waals surface area contributed by atoms with Gasteiger partial charge in [0.2, 0.25) is 0 Å². The Hall–Kier alpha value is -0.840. The second-order valence-corrected chi connectivity index (χ2v) is 3.74. The van der Waals surface area contributed by atoms with Gasteiger partial charge in [-0.25, -0.2) is 0 Å². The van der Waals surface area contributed by atoms with Crippen LogP contribution in [0.25, 0.3) is 0 Å². The minimum Gasteiger partial charge on any atom is -0.299 e. The molecule has 0 saturated heterocycles. The van der Waals surface area contributed by atoms with Gasteiger partial charge in [-0.3, -0.25) is 4.79 Å². The molecule has 2 saturated carbocycles. The zero-order valence-corrected chi connectivity index (χ0v) is 6.42. The van der Waals surface area contributed by atoms with Crippen molar-refractivity contribution in [3.05, 3.63) is 0 Å². The maximum absolute atomic E-state index is 11.2. The van der Waals surface area contributed by atoms with Gasteiger partial charge in [0.25, 0.3) is 0 Å². The van der Waals surface area contributed by atoms with E-state index in [9.17, 15) is 4.79 Å².